The molecule has 1 spiro atoms. The average Bonchev–Trinajstić information content (AvgIpc) is 2.73. The summed E-state index contributed by atoms with van der Waals surface area (Å²) in [4.78, 5) is 0. The second kappa shape index (κ2) is 6.24. The molecule has 0 aromatic carbocycles. The number of ether oxygens (including phenoxy) is 2. The van der Waals surface area contributed by atoms with E-state index >= 15 is 0 Å². The van der Waals surface area contributed by atoms with Crippen LogP contribution < -0.4 is 5.32 Å². The Morgan fingerprint density at radius 2 is 2.50 bits per heavy atom. The summed E-state index contributed by atoms with van der Waals surface area (Å²) >= 11 is 2.04. The fourth-order valence-electron chi connectivity index (χ4n) is 2.54. The normalized spacial score (nSPS) is 34.7. The van der Waals surface area contributed by atoms with Crippen LogP contribution in [0.1, 0.15) is 26.2 Å². The van der Waals surface area contributed by atoms with Crippen LogP contribution in [0, 0.1) is 0 Å². The fourth-order valence-corrected chi connectivity index (χ4v) is 3.92. The minimum atomic E-state index is 0.201. The lowest BCUT2D eigenvalue weighted by Crippen LogP contribution is -2.47. The third-order valence-electron chi connectivity index (χ3n) is 3.44. The minimum Gasteiger partial charge on any atom is -0.380 e. The molecule has 2 aliphatic rings. The molecule has 0 saturated carbocycles. The first-order valence-corrected chi connectivity index (χ1v) is 7.53. The Labute approximate surface area is 103 Å². The van der Waals surface area contributed by atoms with E-state index in [0.29, 0.717) is 6.04 Å². The quantitative estimate of drug-likeness (QED) is 0.746. The molecular formula is C12H23NO2S. The predicted molar refractivity (Wildman–Crippen MR) is 68.1 cm³/mol. The summed E-state index contributed by atoms with van der Waals surface area (Å²) in [5.41, 5.74) is 0.201. The van der Waals surface area contributed by atoms with E-state index in [2.05, 4.69) is 5.32 Å². The molecule has 0 radical (unpaired) electrons. The predicted octanol–water partition coefficient (Wildman–Crippen LogP) is 1.67. The van der Waals surface area contributed by atoms with E-state index in [1.807, 2.05) is 18.7 Å². The zero-order valence-corrected chi connectivity index (χ0v) is 11.0. The summed E-state index contributed by atoms with van der Waals surface area (Å²) < 4.78 is 11.3. The summed E-state index contributed by atoms with van der Waals surface area (Å²) in [6.45, 7) is 5.58. The van der Waals surface area contributed by atoms with E-state index in [9.17, 15) is 0 Å². The maximum atomic E-state index is 5.99. The van der Waals surface area contributed by atoms with Gasteiger partial charge in [0.05, 0.1) is 12.2 Å². The Kier molecular flexibility index (Phi) is 4.95. The van der Waals surface area contributed by atoms with Crippen LogP contribution in [-0.2, 0) is 9.47 Å². The largest absolute Gasteiger partial charge is 0.380 e. The molecule has 94 valence electrons. The van der Waals surface area contributed by atoms with Gasteiger partial charge in [-0.1, -0.05) is 0 Å². The molecule has 2 rings (SSSR count). The van der Waals surface area contributed by atoms with Crippen molar-refractivity contribution in [2.45, 2.75) is 37.8 Å². The number of hydrogen-bond donors (Lipinski definition) is 1. The summed E-state index contributed by atoms with van der Waals surface area (Å²) in [5, 5.41) is 3.59. The highest BCUT2D eigenvalue weighted by molar-refractivity contribution is 7.99. The Bertz CT molecular complexity index is 207. The van der Waals surface area contributed by atoms with Crippen molar-refractivity contribution in [3.63, 3.8) is 0 Å². The zero-order valence-electron chi connectivity index (χ0n) is 10.2. The molecule has 2 heterocycles. The van der Waals surface area contributed by atoms with Crippen molar-refractivity contribution in [2.75, 3.05) is 37.9 Å². The van der Waals surface area contributed by atoms with E-state index in [4.69, 9.17) is 9.47 Å². The SMILES string of the molecule is CCOCCNC1CCOC2(CCSC2)C1. The van der Waals surface area contributed by atoms with Crippen molar-refractivity contribution < 1.29 is 9.47 Å². The summed E-state index contributed by atoms with van der Waals surface area (Å²) in [6, 6.07) is 0.632. The van der Waals surface area contributed by atoms with Gasteiger partial charge >= 0.3 is 0 Å². The van der Waals surface area contributed by atoms with Gasteiger partial charge in [-0.15, -0.1) is 0 Å². The molecule has 0 aromatic rings. The topological polar surface area (TPSA) is 30.5 Å². The van der Waals surface area contributed by atoms with Gasteiger partial charge < -0.3 is 14.8 Å². The van der Waals surface area contributed by atoms with E-state index < -0.39 is 0 Å². The molecule has 3 nitrogen and oxygen atoms in total. The van der Waals surface area contributed by atoms with Crippen molar-refractivity contribution in [1.82, 2.24) is 5.32 Å². The van der Waals surface area contributed by atoms with Crippen LogP contribution >= 0.6 is 11.8 Å². The fraction of sp³-hybridized carbons (Fsp3) is 1.00. The van der Waals surface area contributed by atoms with Gasteiger partial charge in [0, 0.05) is 31.6 Å². The molecule has 2 aliphatic heterocycles. The molecule has 0 bridgehead atoms. The summed E-state index contributed by atoms with van der Waals surface area (Å²) in [7, 11) is 0. The standard InChI is InChI=1S/C12H23NO2S/c1-2-14-7-5-13-11-3-6-15-12(9-11)4-8-16-10-12/h11,13H,2-10H2,1H3. The van der Waals surface area contributed by atoms with Gasteiger partial charge in [0.1, 0.15) is 0 Å². The van der Waals surface area contributed by atoms with Crippen LogP contribution in [0.25, 0.3) is 0 Å². The van der Waals surface area contributed by atoms with E-state index in [0.717, 1.165) is 32.8 Å². The highest BCUT2D eigenvalue weighted by Crippen LogP contribution is 2.38. The molecule has 1 N–H and O–H groups in total. The van der Waals surface area contributed by atoms with Crippen LogP contribution in [0.2, 0.25) is 0 Å². The number of thioether (sulfide) groups is 1. The van der Waals surface area contributed by atoms with Gasteiger partial charge in [-0.3, -0.25) is 0 Å². The van der Waals surface area contributed by atoms with Crippen molar-refractivity contribution in [3.8, 4) is 0 Å². The molecule has 16 heavy (non-hydrogen) atoms. The maximum Gasteiger partial charge on any atom is 0.0795 e. The van der Waals surface area contributed by atoms with Crippen molar-refractivity contribution >= 4 is 11.8 Å². The highest BCUT2D eigenvalue weighted by Gasteiger charge is 2.40. The molecular weight excluding hydrogens is 222 g/mol. The van der Waals surface area contributed by atoms with Gasteiger partial charge in [-0.05, 0) is 31.9 Å². The second-order valence-corrected chi connectivity index (χ2v) is 5.78. The molecule has 0 aromatic heterocycles. The third kappa shape index (κ3) is 3.36. The molecule has 2 saturated heterocycles. The average molecular weight is 245 g/mol. The molecule has 0 amide bonds. The van der Waals surface area contributed by atoms with Crippen LogP contribution in [0.3, 0.4) is 0 Å². The highest BCUT2D eigenvalue weighted by atomic mass is 32.2. The Morgan fingerprint density at radius 1 is 1.56 bits per heavy atom. The molecule has 2 unspecified atom stereocenters. The lowest BCUT2D eigenvalue weighted by atomic mass is 9.90. The summed E-state index contributed by atoms with van der Waals surface area (Å²) in [5.74, 6) is 2.46. The monoisotopic (exact) mass is 245 g/mol. The van der Waals surface area contributed by atoms with Crippen molar-refractivity contribution in [3.05, 3.63) is 0 Å². The van der Waals surface area contributed by atoms with Gasteiger partial charge in [-0.25, -0.2) is 0 Å². The van der Waals surface area contributed by atoms with Crippen LogP contribution in [-0.4, -0.2) is 49.5 Å². The van der Waals surface area contributed by atoms with Crippen molar-refractivity contribution in [2.24, 2.45) is 0 Å². The molecule has 0 aliphatic carbocycles. The molecule has 2 atom stereocenters. The smallest absolute Gasteiger partial charge is 0.0795 e. The lowest BCUT2D eigenvalue weighted by Gasteiger charge is -2.38. The first kappa shape index (κ1) is 12.7. The number of hydrogen-bond acceptors (Lipinski definition) is 4. The second-order valence-electron chi connectivity index (χ2n) is 4.67. The Hall–Kier alpha value is 0.230. The van der Waals surface area contributed by atoms with Gasteiger partial charge in [0.15, 0.2) is 0 Å². The summed E-state index contributed by atoms with van der Waals surface area (Å²) in [6.07, 6.45) is 3.58. The zero-order chi connectivity index (χ0) is 11.3. The number of rotatable bonds is 5. The van der Waals surface area contributed by atoms with Crippen LogP contribution in [0.5, 0.6) is 0 Å². The van der Waals surface area contributed by atoms with Crippen LogP contribution in [0.15, 0.2) is 0 Å². The van der Waals surface area contributed by atoms with Gasteiger partial charge in [-0.2, -0.15) is 11.8 Å². The Morgan fingerprint density at radius 3 is 3.25 bits per heavy atom. The van der Waals surface area contributed by atoms with Crippen molar-refractivity contribution in [1.29, 1.82) is 0 Å². The first-order valence-electron chi connectivity index (χ1n) is 6.37. The Balaban J connectivity index is 1.70. The van der Waals surface area contributed by atoms with E-state index in [-0.39, 0.29) is 5.60 Å². The lowest BCUT2D eigenvalue weighted by molar-refractivity contribution is -0.0705. The number of nitrogens with one attached hydrogen (secondary N) is 1. The minimum absolute atomic E-state index is 0.201. The molecule has 4 heteroatoms. The van der Waals surface area contributed by atoms with E-state index in [1.54, 1.807) is 0 Å². The van der Waals surface area contributed by atoms with Gasteiger partial charge in [0.25, 0.3) is 0 Å². The van der Waals surface area contributed by atoms with Gasteiger partial charge in [0.2, 0.25) is 0 Å². The molecule has 2 fully saturated rings. The third-order valence-corrected chi connectivity index (χ3v) is 4.67. The maximum absolute atomic E-state index is 5.99. The van der Waals surface area contributed by atoms with E-state index in [1.165, 1.54) is 24.3 Å². The first-order chi connectivity index (χ1) is 7.85. The van der Waals surface area contributed by atoms with Crippen LogP contribution in [0.4, 0.5) is 0 Å².